The summed E-state index contributed by atoms with van der Waals surface area (Å²) in [4.78, 5) is 25.1. The van der Waals surface area contributed by atoms with Gasteiger partial charge in [0.25, 0.3) is 5.91 Å². The molecule has 1 fully saturated rings. The smallest absolute Gasteiger partial charge is 0.308 e. The van der Waals surface area contributed by atoms with E-state index in [1.165, 1.54) is 35.2 Å². The summed E-state index contributed by atoms with van der Waals surface area (Å²) in [6.45, 7) is 4.24. The van der Waals surface area contributed by atoms with Gasteiger partial charge in [-0.3, -0.25) is 9.59 Å². The maximum atomic E-state index is 12.5. The molecule has 7 nitrogen and oxygen atoms in total. The lowest BCUT2D eigenvalue weighted by atomic mass is 9.97. The zero-order chi connectivity index (χ0) is 17.7. The fourth-order valence-corrected chi connectivity index (χ4v) is 3.57. The van der Waals surface area contributed by atoms with Gasteiger partial charge in [0, 0.05) is 25.2 Å². The fourth-order valence-electron chi connectivity index (χ4n) is 2.57. The number of hydrogen-bond donors (Lipinski definition) is 2. The van der Waals surface area contributed by atoms with Gasteiger partial charge in [0.15, 0.2) is 0 Å². The van der Waals surface area contributed by atoms with Crippen LogP contribution in [-0.4, -0.2) is 49.9 Å². The lowest BCUT2D eigenvalue weighted by Crippen LogP contribution is -2.42. The molecule has 0 bridgehead atoms. The monoisotopic (exact) mass is 352 g/mol. The summed E-state index contributed by atoms with van der Waals surface area (Å²) < 4.78 is 26.3. The van der Waals surface area contributed by atoms with Gasteiger partial charge in [-0.25, -0.2) is 13.1 Å². The van der Waals surface area contributed by atoms with Crippen molar-refractivity contribution in [2.75, 3.05) is 19.6 Å². The SMILES string of the molecule is C=CCNS(=O)(=O)c1ccc(C(=O)N2CCC[C@H](C(=O)O)C2)cc1. The van der Waals surface area contributed by atoms with Gasteiger partial charge in [-0.15, -0.1) is 6.58 Å². The van der Waals surface area contributed by atoms with Crippen molar-refractivity contribution in [3.63, 3.8) is 0 Å². The number of piperidine rings is 1. The number of aliphatic carboxylic acids is 1. The molecule has 1 heterocycles. The largest absolute Gasteiger partial charge is 0.481 e. The van der Waals surface area contributed by atoms with Crippen LogP contribution < -0.4 is 4.72 Å². The zero-order valence-electron chi connectivity index (χ0n) is 13.1. The predicted molar refractivity (Wildman–Crippen MR) is 88.1 cm³/mol. The lowest BCUT2D eigenvalue weighted by Gasteiger charge is -2.30. The van der Waals surface area contributed by atoms with E-state index in [0.29, 0.717) is 24.9 Å². The van der Waals surface area contributed by atoms with E-state index in [-0.39, 0.29) is 23.9 Å². The number of sulfonamides is 1. The number of benzene rings is 1. The predicted octanol–water partition coefficient (Wildman–Crippen LogP) is 1.09. The van der Waals surface area contributed by atoms with Crippen molar-refractivity contribution in [3.8, 4) is 0 Å². The van der Waals surface area contributed by atoms with Gasteiger partial charge >= 0.3 is 5.97 Å². The topological polar surface area (TPSA) is 104 Å². The van der Waals surface area contributed by atoms with Gasteiger partial charge in [0.2, 0.25) is 10.0 Å². The molecule has 1 aromatic rings. The number of likely N-dealkylation sites (tertiary alicyclic amines) is 1. The van der Waals surface area contributed by atoms with E-state index in [1.807, 2.05) is 0 Å². The minimum absolute atomic E-state index is 0.0583. The van der Waals surface area contributed by atoms with E-state index in [2.05, 4.69) is 11.3 Å². The number of nitrogens with one attached hydrogen (secondary N) is 1. The van der Waals surface area contributed by atoms with Crippen molar-refractivity contribution in [3.05, 3.63) is 42.5 Å². The molecule has 1 atom stereocenters. The van der Waals surface area contributed by atoms with Crippen molar-refractivity contribution in [1.82, 2.24) is 9.62 Å². The highest BCUT2D eigenvalue weighted by atomic mass is 32.2. The standard InChI is InChI=1S/C16H20N2O5S/c1-2-9-17-24(22,23)14-7-5-12(6-8-14)15(19)18-10-3-4-13(11-18)16(20)21/h2,5-8,13,17H,1,3-4,9-11H2,(H,20,21)/t13-/m0/s1. The normalized spacial score (nSPS) is 18.2. The Morgan fingerprint density at radius 3 is 2.58 bits per heavy atom. The molecule has 130 valence electrons. The summed E-state index contributed by atoms with van der Waals surface area (Å²) in [6, 6.07) is 5.60. The van der Waals surface area contributed by atoms with Crippen molar-refractivity contribution in [2.45, 2.75) is 17.7 Å². The third-order valence-corrected chi connectivity index (χ3v) is 5.33. The molecule has 8 heteroatoms. The molecule has 1 aliphatic heterocycles. The number of carbonyl (C=O) groups is 2. The first-order chi connectivity index (χ1) is 11.3. The maximum Gasteiger partial charge on any atom is 0.308 e. The second-order valence-electron chi connectivity index (χ2n) is 5.59. The second kappa shape index (κ2) is 7.59. The number of amides is 1. The highest BCUT2D eigenvalue weighted by Crippen LogP contribution is 2.19. The van der Waals surface area contributed by atoms with Crippen molar-refractivity contribution < 1.29 is 23.1 Å². The van der Waals surface area contributed by atoms with Crippen LogP contribution in [0.3, 0.4) is 0 Å². The summed E-state index contributed by atoms with van der Waals surface area (Å²) in [7, 11) is -3.63. The zero-order valence-corrected chi connectivity index (χ0v) is 14.0. The third kappa shape index (κ3) is 4.21. The summed E-state index contributed by atoms with van der Waals surface area (Å²) >= 11 is 0. The van der Waals surface area contributed by atoms with Crippen molar-refractivity contribution in [1.29, 1.82) is 0 Å². The fraction of sp³-hybridized carbons (Fsp3) is 0.375. The van der Waals surface area contributed by atoms with Crippen LogP contribution in [0.15, 0.2) is 41.8 Å². The Hall–Kier alpha value is -2.19. The van der Waals surface area contributed by atoms with Crippen LogP contribution in [-0.2, 0) is 14.8 Å². The minimum atomic E-state index is -3.63. The first kappa shape index (κ1) is 18.2. The van der Waals surface area contributed by atoms with Gasteiger partial charge in [0.1, 0.15) is 0 Å². The first-order valence-corrected chi connectivity index (χ1v) is 9.06. The molecule has 1 saturated heterocycles. The Labute approximate surface area is 141 Å². The van der Waals surface area contributed by atoms with Crippen LogP contribution in [0.5, 0.6) is 0 Å². The molecule has 1 aliphatic rings. The molecule has 0 aliphatic carbocycles. The molecule has 0 radical (unpaired) electrons. The van der Waals surface area contributed by atoms with Gasteiger partial charge in [-0.05, 0) is 37.1 Å². The van der Waals surface area contributed by atoms with Crippen molar-refractivity contribution >= 4 is 21.9 Å². The van der Waals surface area contributed by atoms with Gasteiger partial charge < -0.3 is 10.0 Å². The molecule has 0 aromatic heterocycles. The van der Waals surface area contributed by atoms with Crippen LogP contribution >= 0.6 is 0 Å². The quantitative estimate of drug-likeness (QED) is 0.746. The number of carbonyl (C=O) groups excluding carboxylic acids is 1. The van der Waals surface area contributed by atoms with Gasteiger partial charge in [0.05, 0.1) is 10.8 Å². The van der Waals surface area contributed by atoms with Gasteiger partial charge in [-0.1, -0.05) is 6.08 Å². The van der Waals surface area contributed by atoms with E-state index in [4.69, 9.17) is 5.11 Å². The molecule has 0 unspecified atom stereocenters. The van der Waals surface area contributed by atoms with Gasteiger partial charge in [-0.2, -0.15) is 0 Å². The molecular weight excluding hydrogens is 332 g/mol. The number of rotatable bonds is 6. The van der Waals surface area contributed by atoms with Crippen LogP contribution in [0.1, 0.15) is 23.2 Å². The number of carboxylic acids is 1. The van der Waals surface area contributed by atoms with E-state index >= 15 is 0 Å². The summed E-state index contributed by atoms with van der Waals surface area (Å²) in [5.74, 6) is -1.74. The minimum Gasteiger partial charge on any atom is -0.481 e. The highest BCUT2D eigenvalue weighted by molar-refractivity contribution is 7.89. The van der Waals surface area contributed by atoms with Crippen LogP contribution in [0.25, 0.3) is 0 Å². The maximum absolute atomic E-state index is 12.5. The second-order valence-corrected chi connectivity index (χ2v) is 7.36. The third-order valence-electron chi connectivity index (χ3n) is 3.89. The lowest BCUT2D eigenvalue weighted by molar-refractivity contribution is -0.143. The van der Waals surface area contributed by atoms with E-state index in [0.717, 1.165) is 0 Å². The molecule has 0 saturated carbocycles. The first-order valence-electron chi connectivity index (χ1n) is 7.58. The molecule has 2 N–H and O–H groups in total. The average Bonchev–Trinajstić information content (AvgIpc) is 2.59. The van der Waals surface area contributed by atoms with Crippen LogP contribution in [0.2, 0.25) is 0 Å². The number of hydrogen-bond acceptors (Lipinski definition) is 4. The molecule has 0 spiro atoms. The molecule has 1 amide bonds. The molecular formula is C16H20N2O5S. The highest BCUT2D eigenvalue weighted by Gasteiger charge is 2.28. The molecule has 2 rings (SSSR count). The Morgan fingerprint density at radius 1 is 1.33 bits per heavy atom. The summed E-state index contributed by atoms with van der Waals surface area (Å²) in [6.07, 6.45) is 2.64. The average molecular weight is 352 g/mol. The Morgan fingerprint density at radius 2 is 2.00 bits per heavy atom. The Bertz CT molecular complexity index is 727. The number of carboxylic acid groups (broad SMARTS) is 1. The molecule has 24 heavy (non-hydrogen) atoms. The Kier molecular flexibility index (Phi) is 5.74. The number of nitrogens with zero attached hydrogens (tertiary/aromatic N) is 1. The van der Waals surface area contributed by atoms with Crippen LogP contribution in [0.4, 0.5) is 0 Å². The van der Waals surface area contributed by atoms with Crippen LogP contribution in [0, 0.1) is 5.92 Å². The Balaban J connectivity index is 2.11. The van der Waals surface area contributed by atoms with E-state index in [1.54, 1.807) is 0 Å². The summed E-state index contributed by atoms with van der Waals surface area (Å²) in [5, 5.41) is 9.09. The molecule has 1 aromatic carbocycles. The van der Waals surface area contributed by atoms with Crippen molar-refractivity contribution in [2.24, 2.45) is 5.92 Å². The van der Waals surface area contributed by atoms with E-state index < -0.39 is 21.9 Å². The van der Waals surface area contributed by atoms with E-state index in [9.17, 15) is 18.0 Å². The summed E-state index contributed by atoms with van der Waals surface area (Å²) in [5.41, 5.74) is 0.337.